The molecule has 0 bridgehead atoms. The monoisotopic (exact) mass is 272 g/mol. The van der Waals surface area contributed by atoms with E-state index in [0.29, 0.717) is 5.02 Å². The maximum absolute atomic E-state index is 6.21. The van der Waals surface area contributed by atoms with Crippen molar-refractivity contribution in [2.24, 2.45) is 0 Å². The second kappa shape index (κ2) is 6.83. The lowest BCUT2D eigenvalue weighted by atomic mass is 10.2. The average Bonchev–Trinajstić information content (AvgIpc) is 2.30. The molecule has 102 valence electrons. The number of hydrogen-bond acceptors (Lipinski definition) is 4. The first-order valence-electron chi connectivity index (χ1n) is 5.79. The van der Waals surface area contributed by atoms with E-state index in [-0.39, 0.29) is 12.3 Å². The highest BCUT2D eigenvalue weighted by Gasteiger charge is 2.18. The van der Waals surface area contributed by atoms with Crippen LogP contribution < -0.4 is 10.2 Å². The molecule has 0 radical (unpaired) electrons. The molecule has 0 spiro atoms. The molecule has 1 atom stereocenters. The first-order chi connectivity index (χ1) is 8.51. The van der Waals surface area contributed by atoms with Crippen molar-refractivity contribution in [1.29, 1.82) is 0 Å². The summed E-state index contributed by atoms with van der Waals surface area (Å²) in [5, 5.41) is 4.07. The number of anilines is 2. The normalized spacial score (nSPS) is 12.6. The van der Waals surface area contributed by atoms with Gasteiger partial charge in [-0.1, -0.05) is 17.7 Å². The van der Waals surface area contributed by atoms with Gasteiger partial charge in [0.05, 0.1) is 22.4 Å². The molecule has 1 unspecified atom stereocenters. The Hall–Kier alpha value is -0.970. The van der Waals surface area contributed by atoms with Gasteiger partial charge in [-0.15, -0.1) is 0 Å². The fourth-order valence-electron chi connectivity index (χ4n) is 1.90. The first kappa shape index (κ1) is 15.1. The molecular formula is C13H21ClN2O2. The van der Waals surface area contributed by atoms with Crippen molar-refractivity contribution in [3.05, 3.63) is 23.2 Å². The predicted octanol–water partition coefficient (Wildman–Crippen LogP) is 2.83. The van der Waals surface area contributed by atoms with E-state index in [0.717, 1.165) is 11.4 Å². The fraction of sp³-hybridized carbons (Fsp3) is 0.538. The van der Waals surface area contributed by atoms with Gasteiger partial charge in [-0.3, -0.25) is 0 Å². The minimum absolute atomic E-state index is 0.0113. The number of ether oxygens (including phenoxy) is 2. The second-order valence-electron chi connectivity index (χ2n) is 4.30. The van der Waals surface area contributed by atoms with E-state index in [4.69, 9.17) is 21.1 Å². The van der Waals surface area contributed by atoms with Gasteiger partial charge in [-0.05, 0) is 19.1 Å². The maximum atomic E-state index is 6.21. The van der Waals surface area contributed by atoms with Crippen LogP contribution in [0.2, 0.25) is 5.02 Å². The van der Waals surface area contributed by atoms with Gasteiger partial charge in [-0.2, -0.15) is 0 Å². The molecule has 5 heteroatoms. The molecule has 0 saturated carbocycles. The SMILES string of the molecule is COC(OC)C(C)Nc1cccc(Cl)c1N(C)C. The highest BCUT2D eigenvalue weighted by Crippen LogP contribution is 2.33. The number of halogens is 1. The van der Waals surface area contributed by atoms with Crippen LogP contribution in [0.3, 0.4) is 0 Å². The van der Waals surface area contributed by atoms with Crippen molar-refractivity contribution in [3.63, 3.8) is 0 Å². The molecule has 0 amide bonds. The molecule has 0 aliphatic heterocycles. The standard InChI is InChI=1S/C13H21ClN2O2/c1-9(13(17-4)18-5)15-11-8-6-7-10(14)12(11)16(2)3/h6-9,13,15H,1-5H3. The van der Waals surface area contributed by atoms with E-state index in [1.165, 1.54) is 0 Å². The molecule has 18 heavy (non-hydrogen) atoms. The van der Waals surface area contributed by atoms with Crippen LogP contribution in [0.5, 0.6) is 0 Å². The highest BCUT2D eigenvalue weighted by molar-refractivity contribution is 6.34. The van der Waals surface area contributed by atoms with Crippen LogP contribution in [0.25, 0.3) is 0 Å². The minimum Gasteiger partial charge on any atom is -0.376 e. The summed E-state index contributed by atoms with van der Waals surface area (Å²) in [5.41, 5.74) is 1.91. The summed E-state index contributed by atoms with van der Waals surface area (Å²) in [6.45, 7) is 2.00. The van der Waals surface area contributed by atoms with Crippen LogP contribution in [-0.2, 0) is 9.47 Å². The van der Waals surface area contributed by atoms with Crippen molar-refractivity contribution < 1.29 is 9.47 Å². The fourth-order valence-corrected chi connectivity index (χ4v) is 2.25. The number of para-hydroxylation sites is 1. The largest absolute Gasteiger partial charge is 0.376 e. The van der Waals surface area contributed by atoms with Gasteiger partial charge >= 0.3 is 0 Å². The molecule has 0 saturated heterocycles. The summed E-state index contributed by atoms with van der Waals surface area (Å²) in [6.07, 6.45) is -0.306. The van der Waals surface area contributed by atoms with Gasteiger partial charge in [0, 0.05) is 28.3 Å². The topological polar surface area (TPSA) is 33.7 Å². The smallest absolute Gasteiger partial charge is 0.176 e. The van der Waals surface area contributed by atoms with Crippen molar-refractivity contribution in [3.8, 4) is 0 Å². The van der Waals surface area contributed by atoms with Crippen LogP contribution in [0.4, 0.5) is 11.4 Å². The Labute approximate surface area is 114 Å². The van der Waals surface area contributed by atoms with Crippen LogP contribution in [0.1, 0.15) is 6.92 Å². The molecule has 0 fully saturated rings. The van der Waals surface area contributed by atoms with Gasteiger partial charge in [0.2, 0.25) is 0 Å². The van der Waals surface area contributed by atoms with Gasteiger partial charge in [-0.25, -0.2) is 0 Å². The van der Waals surface area contributed by atoms with E-state index in [9.17, 15) is 0 Å². The van der Waals surface area contributed by atoms with Gasteiger partial charge in [0.25, 0.3) is 0 Å². The number of rotatable bonds is 6. The number of hydrogen-bond donors (Lipinski definition) is 1. The molecule has 1 N–H and O–H groups in total. The third kappa shape index (κ3) is 3.51. The molecule has 1 rings (SSSR count). The summed E-state index contributed by atoms with van der Waals surface area (Å²) in [6, 6.07) is 5.79. The molecule has 0 aliphatic rings. The molecule has 0 heterocycles. The number of nitrogens with zero attached hydrogens (tertiary/aromatic N) is 1. The average molecular weight is 273 g/mol. The lowest BCUT2D eigenvalue weighted by molar-refractivity contribution is -0.109. The lowest BCUT2D eigenvalue weighted by Crippen LogP contribution is -2.34. The summed E-state index contributed by atoms with van der Waals surface area (Å²) in [5.74, 6) is 0. The van der Waals surface area contributed by atoms with Gasteiger partial charge in [0.15, 0.2) is 6.29 Å². The highest BCUT2D eigenvalue weighted by atomic mass is 35.5. The molecule has 1 aromatic rings. The van der Waals surface area contributed by atoms with Crippen LogP contribution in [-0.4, -0.2) is 40.6 Å². The lowest BCUT2D eigenvalue weighted by Gasteiger charge is -2.26. The van der Waals surface area contributed by atoms with Crippen molar-refractivity contribution in [2.75, 3.05) is 38.5 Å². The minimum atomic E-state index is -0.306. The summed E-state index contributed by atoms with van der Waals surface area (Å²) in [4.78, 5) is 1.98. The zero-order valence-corrected chi connectivity index (χ0v) is 12.3. The third-order valence-electron chi connectivity index (χ3n) is 2.69. The Morgan fingerprint density at radius 2 is 1.83 bits per heavy atom. The Morgan fingerprint density at radius 1 is 1.22 bits per heavy atom. The van der Waals surface area contributed by atoms with E-state index in [1.807, 2.05) is 44.1 Å². The van der Waals surface area contributed by atoms with Crippen molar-refractivity contribution in [1.82, 2.24) is 0 Å². The Morgan fingerprint density at radius 3 is 2.33 bits per heavy atom. The zero-order chi connectivity index (χ0) is 13.7. The quantitative estimate of drug-likeness (QED) is 0.808. The number of benzene rings is 1. The predicted molar refractivity (Wildman–Crippen MR) is 76.7 cm³/mol. The van der Waals surface area contributed by atoms with Crippen LogP contribution >= 0.6 is 11.6 Å². The maximum Gasteiger partial charge on any atom is 0.176 e. The molecule has 1 aromatic carbocycles. The van der Waals surface area contributed by atoms with Crippen molar-refractivity contribution in [2.45, 2.75) is 19.3 Å². The first-order valence-corrected chi connectivity index (χ1v) is 6.17. The van der Waals surface area contributed by atoms with E-state index in [1.54, 1.807) is 14.2 Å². The molecular weight excluding hydrogens is 252 g/mol. The van der Waals surface area contributed by atoms with Crippen LogP contribution in [0, 0.1) is 0 Å². The Kier molecular flexibility index (Phi) is 5.72. The number of methoxy groups -OCH3 is 2. The Bertz CT molecular complexity index is 381. The third-order valence-corrected chi connectivity index (χ3v) is 3.00. The summed E-state index contributed by atoms with van der Waals surface area (Å²) >= 11 is 6.21. The molecule has 4 nitrogen and oxygen atoms in total. The van der Waals surface area contributed by atoms with Gasteiger partial charge < -0.3 is 19.7 Å². The number of nitrogens with one attached hydrogen (secondary N) is 1. The molecule has 0 aromatic heterocycles. The van der Waals surface area contributed by atoms with E-state index in [2.05, 4.69) is 5.32 Å². The second-order valence-corrected chi connectivity index (χ2v) is 4.71. The molecule has 0 aliphatic carbocycles. The summed E-state index contributed by atoms with van der Waals surface area (Å²) in [7, 11) is 7.16. The van der Waals surface area contributed by atoms with E-state index >= 15 is 0 Å². The van der Waals surface area contributed by atoms with Crippen LogP contribution in [0.15, 0.2) is 18.2 Å². The van der Waals surface area contributed by atoms with Gasteiger partial charge in [0.1, 0.15) is 0 Å². The van der Waals surface area contributed by atoms with E-state index < -0.39 is 0 Å². The Balaban J connectivity index is 2.93. The zero-order valence-electron chi connectivity index (χ0n) is 11.5. The van der Waals surface area contributed by atoms with Crippen molar-refractivity contribution >= 4 is 23.0 Å². The summed E-state index contributed by atoms with van der Waals surface area (Å²) < 4.78 is 10.5.